The number of aliphatic hydroxyl groups is 1. The van der Waals surface area contributed by atoms with E-state index >= 15 is 0 Å². The molecule has 0 aromatic rings. The van der Waals surface area contributed by atoms with Gasteiger partial charge in [-0.05, 0) is 44.9 Å². The molecule has 0 heterocycles. The topological polar surface area (TPSA) is 72.8 Å². The highest BCUT2D eigenvalue weighted by molar-refractivity contribution is 5.70. The molecule has 0 aliphatic rings. The van der Waals surface area contributed by atoms with Crippen molar-refractivity contribution in [3.63, 3.8) is 0 Å². The zero-order valence-electron chi connectivity index (χ0n) is 26.4. The number of hydrogen-bond donors (Lipinski definition) is 1. The van der Waals surface area contributed by atoms with Crippen LogP contribution in [0, 0.1) is 0 Å². The van der Waals surface area contributed by atoms with Gasteiger partial charge in [0.1, 0.15) is 6.61 Å². The Morgan fingerprint density at radius 2 is 1.00 bits per heavy atom. The molecule has 5 nitrogen and oxygen atoms in total. The van der Waals surface area contributed by atoms with E-state index in [0.29, 0.717) is 12.8 Å². The van der Waals surface area contributed by atoms with Gasteiger partial charge in [0, 0.05) is 12.8 Å². The SMILES string of the molecule is CCCCCC=CCC=CCCCCCCCC(=O)O[C@@H](CO)COC(=O)CCCCCCCCCCCCC. The molecule has 0 unspecified atom stereocenters. The van der Waals surface area contributed by atoms with Crippen molar-refractivity contribution < 1.29 is 24.2 Å². The van der Waals surface area contributed by atoms with E-state index in [1.165, 1.54) is 89.9 Å². The number of ether oxygens (including phenoxy) is 2. The van der Waals surface area contributed by atoms with Gasteiger partial charge in [0.05, 0.1) is 6.61 Å². The van der Waals surface area contributed by atoms with Crippen molar-refractivity contribution >= 4 is 11.9 Å². The van der Waals surface area contributed by atoms with Crippen LogP contribution in [0.3, 0.4) is 0 Å². The maximum Gasteiger partial charge on any atom is 0.306 e. The summed E-state index contributed by atoms with van der Waals surface area (Å²) < 4.78 is 10.5. The number of carbonyl (C=O) groups is 2. The summed E-state index contributed by atoms with van der Waals surface area (Å²) in [5.74, 6) is -0.606. The Bertz CT molecular complexity index is 613. The smallest absolute Gasteiger partial charge is 0.306 e. The highest BCUT2D eigenvalue weighted by Gasteiger charge is 2.16. The monoisotopic (exact) mass is 564 g/mol. The normalized spacial score (nSPS) is 12.4. The lowest BCUT2D eigenvalue weighted by atomic mass is 10.1. The molecule has 0 saturated heterocycles. The predicted octanol–water partition coefficient (Wildman–Crippen LogP) is 9.95. The van der Waals surface area contributed by atoms with Gasteiger partial charge in [-0.3, -0.25) is 9.59 Å². The van der Waals surface area contributed by atoms with Crippen molar-refractivity contribution in [3.8, 4) is 0 Å². The summed E-state index contributed by atoms with van der Waals surface area (Å²) in [5, 5.41) is 9.49. The van der Waals surface area contributed by atoms with Crippen LogP contribution < -0.4 is 0 Å². The lowest BCUT2D eigenvalue weighted by Gasteiger charge is -2.15. The summed E-state index contributed by atoms with van der Waals surface area (Å²) in [4.78, 5) is 24.1. The van der Waals surface area contributed by atoms with E-state index in [1.807, 2.05) is 0 Å². The molecule has 0 aliphatic carbocycles. The zero-order valence-corrected chi connectivity index (χ0v) is 26.4. The molecular formula is C35H64O5. The van der Waals surface area contributed by atoms with Crippen molar-refractivity contribution in [2.24, 2.45) is 0 Å². The van der Waals surface area contributed by atoms with Crippen molar-refractivity contribution in [2.45, 2.75) is 174 Å². The standard InChI is InChI=1S/C35H64O5/c1-3-5-7-9-11-13-15-16-17-18-20-22-24-26-28-30-35(38)40-33(31-36)32-39-34(37)29-27-25-23-21-19-14-12-10-8-6-4-2/h11,13,16-17,33,36H,3-10,12,14-15,18-32H2,1-2H3/t33-/m0/s1. The molecule has 0 radical (unpaired) electrons. The van der Waals surface area contributed by atoms with Crippen LogP contribution in [-0.2, 0) is 19.1 Å². The minimum atomic E-state index is -0.772. The Balaban J connectivity index is 3.61. The Labute approximate surface area is 247 Å². The maximum atomic E-state index is 12.1. The number of rotatable bonds is 30. The fourth-order valence-electron chi connectivity index (χ4n) is 4.64. The third-order valence-electron chi connectivity index (χ3n) is 7.25. The van der Waals surface area contributed by atoms with E-state index in [-0.39, 0.29) is 25.2 Å². The van der Waals surface area contributed by atoms with Crippen LogP contribution in [-0.4, -0.2) is 36.4 Å². The van der Waals surface area contributed by atoms with Gasteiger partial charge in [-0.25, -0.2) is 0 Å². The molecule has 0 aromatic carbocycles. The van der Waals surface area contributed by atoms with Gasteiger partial charge in [0.15, 0.2) is 6.10 Å². The lowest BCUT2D eigenvalue weighted by Crippen LogP contribution is -2.28. The van der Waals surface area contributed by atoms with Gasteiger partial charge < -0.3 is 14.6 Å². The summed E-state index contributed by atoms with van der Waals surface area (Å²) in [6, 6.07) is 0. The Morgan fingerprint density at radius 3 is 1.52 bits per heavy atom. The number of hydrogen-bond acceptors (Lipinski definition) is 5. The summed E-state index contributed by atoms with van der Waals surface area (Å²) >= 11 is 0. The zero-order chi connectivity index (χ0) is 29.4. The average Bonchev–Trinajstić information content (AvgIpc) is 2.96. The Morgan fingerprint density at radius 1 is 0.575 bits per heavy atom. The molecule has 5 heteroatoms. The van der Waals surface area contributed by atoms with Gasteiger partial charge in [-0.2, -0.15) is 0 Å². The highest BCUT2D eigenvalue weighted by Crippen LogP contribution is 2.13. The predicted molar refractivity (Wildman–Crippen MR) is 168 cm³/mol. The molecule has 0 rings (SSSR count). The van der Waals surface area contributed by atoms with Crippen LogP contribution in [0.4, 0.5) is 0 Å². The summed E-state index contributed by atoms with van der Waals surface area (Å²) in [5.41, 5.74) is 0. The summed E-state index contributed by atoms with van der Waals surface area (Å²) in [7, 11) is 0. The van der Waals surface area contributed by atoms with E-state index in [9.17, 15) is 14.7 Å². The molecule has 40 heavy (non-hydrogen) atoms. The van der Waals surface area contributed by atoms with Crippen molar-refractivity contribution in [2.75, 3.05) is 13.2 Å². The summed E-state index contributed by atoms with van der Waals surface area (Å²) in [6.07, 6.45) is 35.1. The number of unbranched alkanes of at least 4 members (excludes halogenated alkanes) is 18. The van der Waals surface area contributed by atoms with Crippen molar-refractivity contribution in [3.05, 3.63) is 24.3 Å². The molecule has 0 aliphatic heterocycles. The third-order valence-corrected chi connectivity index (χ3v) is 7.25. The molecule has 0 bridgehead atoms. The van der Waals surface area contributed by atoms with Crippen LogP contribution in [0.5, 0.6) is 0 Å². The molecule has 234 valence electrons. The van der Waals surface area contributed by atoms with Crippen molar-refractivity contribution in [1.29, 1.82) is 0 Å². The number of carbonyl (C=O) groups excluding carboxylic acids is 2. The van der Waals surface area contributed by atoms with Crippen molar-refractivity contribution in [1.82, 2.24) is 0 Å². The van der Waals surface area contributed by atoms with Crippen LogP contribution in [0.1, 0.15) is 168 Å². The maximum absolute atomic E-state index is 12.1. The first-order chi connectivity index (χ1) is 19.6. The quantitative estimate of drug-likeness (QED) is 0.0534. The van der Waals surface area contributed by atoms with Gasteiger partial charge in [-0.15, -0.1) is 0 Å². The highest BCUT2D eigenvalue weighted by atomic mass is 16.6. The first-order valence-electron chi connectivity index (χ1n) is 16.9. The third kappa shape index (κ3) is 29.4. The summed E-state index contributed by atoms with van der Waals surface area (Å²) in [6.45, 7) is 4.08. The van der Waals surface area contributed by atoms with E-state index in [0.717, 1.165) is 51.4 Å². The second-order valence-corrected chi connectivity index (χ2v) is 11.2. The number of esters is 2. The van der Waals surface area contributed by atoms with Crippen LogP contribution in [0.2, 0.25) is 0 Å². The van der Waals surface area contributed by atoms with Gasteiger partial charge in [0.2, 0.25) is 0 Å². The molecule has 0 fully saturated rings. The van der Waals surface area contributed by atoms with E-state index in [4.69, 9.17) is 9.47 Å². The Hall–Kier alpha value is -1.62. The second-order valence-electron chi connectivity index (χ2n) is 11.2. The minimum absolute atomic E-state index is 0.0682. The number of aliphatic hydroxyl groups excluding tert-OH is 1. The molecule has 0 saturated carbocycles. The van der Waals surface area contributed by atoms with Crippen LogP contribution in [0.15, 0.2) is 24.3 Å². The Kier molecular flexibility index (Phi) is 30.6. The van der Waals surface area contributed by atoms with E-state index in [2.05, 4.69) is 38.2 Å². The van der Waals surface area contributed by atoms with Gasteiger partial charge >= 0.3 is 11.9 Å². The van der Waals surface area contributed by atoms with E-state index < -0.39 is 6.10 Å². The van der Waals surface area contributed by atoms with E-state index in [1.54, 1.807) is 0 Å². The van der Waals surface area contributed by atoms with Gasteiger partial charge in [-0.1, -0.05) is 134 Å². The first kappa shape index (κ1) is 38.4. The second kappa shape index (κ2) is 31.9. The fraction of sp³-hybridized carbons (Fsp3) is 0.829. The molecule has 0 spiro atoms. The molecule has 1 N–H and O–H groups in total. The lowest BCUT2D eigenvalue weighted by molar-refractivity contribution is -0.161. The first-order valence-corrected chi connectivity index (χ1v) is 16.9. The molecule has 0 amide bonds. The van der Waals surface area contributed by atoms with Gasteiger partial charge in [0.25, 0.3) is 0 Å². The minimum Gasteiger partial charge on any atom is -0.462 e. The molecule has 0 aromatic heterocycles. The molecular weight excluding hydrogens is 500 g/mol. The average molecular weight is 565 g/mol. The fourth-order valence-corrected chi connectivity index (χ4v) is 4.64. The number of allylic oxidation sites excluding steroid dienone is 4. The molecule has 1 atom stereocenters. The largest absolute Gasteiger partial charge is 0.462 e. The van der Waals surface area contributed by atoms with Crippen LogP contribution >= 0.6 is 0 Å². The van der Waals surface area contributed by atoms with Crippen LogP contribution in [0.25, 0.3) is 0 Å².